The summed E-state index contributed by atoms with van der Waals surface area (Å²) in [5, 5.41) is 30.3. The zero-order valence-corrected chi connectivity index (χ0v) is 29.5. The second-order valence-corrected chi connectivity index (χ2v) is 16.7. The molecule has 0 saturated carbocycles. The molecule has 18 nitrogen and oxygen atoms in total. The number of phenolic OH excluding ortho intramolecular Hbond substituents is 1. The minimum atomic E-state index is -4.89. The van der Waals surface area contributed by atoms with Crippen molar-refractivity contribution in [1.82, 2.24) is 0 Å². The van der Waals surface area contributed by atoms with E-state index in [2.05, 4.69) is 30.0 Å². The van der Waals surface area contributed by atoms with Crippen LogP contribution in [-0.4, -0.2) is 70.7 Å². The van der Waals surface area contributed by atoms with E-state index in [-0.39, 0.29) is 49.7 Å². The second-order valence-electron chi connectivity index (χ2n) is 10.7. The van der Waals surface area contributed by atoms with E-state index in [1.54, 1.807) is 13.8 Å². The predicted molar refractivity (Wildman–Crippen MR) is 180 cm³/mol. The Morgan fingerprint density at radius 3 is 1.80 bits per heavy atom. The molecule has 0 bridgehead atoms. The zero-order chi connectivity index (χ0) is 37.2. The molecular formula is C28H29N5O13S4. The smallest absolute Gasteiger partial charge is 0.397 e. The van der Waals surface area contributed by atoms with E-state index in [1.807, 2.05) is 0 Å². The van der Waals surface area contributed by atoms with Crippen LogP contribution in [0.15, 0.2) is 84.8 Å². The fraction of sp³-hybridized carbons (Fsp3) is 0.214. The lowest BCUT2D eigenvalue weighted by molar-refractivity contribution is 0.284. The van der Waals surface area contributed by atoms with Crippen molar-refractivity contribution in [2.75, 3.05) is 23.6 Å². The van der Waals surface area contributed by atoms with E-state index in [9.17, 15) is 47.9 Å². The van der Waals surface area contributed by atoms with Crippen LogP contribution in [-0.2, 0) is 44.7 Å². The fourth-order valence-corrected chi connectivity index (χ4v) is 7.12. The summed E-state index contributed by atoms with van der Waals surface area (Å²) in [6, 6.07) is 12.0. The Kier molecular flexibility index (Phi) is 11.1. The summed E-state index contributed by atoms with van der Waals surface area (Å²) in [4.78, 5) is -0.911. The normalized spacial score (nSPS) is 13.1. The van der Waals surface area contributed by atoms with E-state index in [1.165, 1.54) is 55.5 Å². The van der Waals surface area contributed by atoms with Crippen LogP contribution < -0.4 is 5.32 Å². The van der Waals surface area contributed by atoms with Gasteiger partial charge in [-0.25, -0.2) is 12.6 Å². The van der Waals surface area contributed by atoms with Crippen molar-refractivity contribution >= 4 is 79.7 Å². The number of rotatable bonds is 13. The van der Waals surface area contributed by atoms with Crippen LogP contribution in [0.4, 0.5) is 28.4 Å². The molecule has 4 aromatic rings. The van der Waals surface area contributed by atoms with Crippen molar-refractivity contribution in [2.45, 2.75) is 30.6 Å². The van der Waals surface area contributed by atoms with Crippen molar-refractivity contribution in [1.29, 1.82) is 0 Å². The Balaban J connectivity index is 1.85. The summed E-state index contributed by atoms with van der Waals surface area (Å²) in [6.45, 7) is 3.91. The highest BCUT2D eigenvalue weighted by atomic mass is 32.3. The molecule has 0 aliphatic carbocycles. The Labute approximate surface area is 286 Å². The van der Waals surface area contributed by atoms with E-state index < -0.39 is 69.4 Å². The highest BCUT2D eigenvalue weighted by Crippen LogP contribution is 2.45. The SMILES string of the molecule is Cc1ccc(S(=O)(=O)O)c(N=Nc2c(NCS(=O)(=O)O)ccc3c(O)c(N=Nc4cc(C)ccc4S(=O)(=O)CCOS(=O)(=O)O)c(C)cc23)c1. The van der Waals surface area contributed by atoms with Crippen LogP contribution in [0, 0.1) is 20.8 Å². The van der Waals surface area contributed by atoms with Gasteiger partial charge in [0.25, 0.3) is 20.2 Å². The monoisotopic (exact) mass is 771 g/mol. The number of phenols is 1. The standard InChI is InChI=1S/C28H29N5O13S4/c1-16-4-8-24(47(35,36)11-10-46-50(43,44)45)22(12-16)30-32-26-18(3)14-20-19(28(26)34)6-7-21(29-15-48(37,38)39)27(20)33-31-23-13-17(2)5-9-25(23)49(40,41)42/h4-9,12-14,29,34H,10-11,15H2,1-3H3,(H,37,38,39)(H,40,41,42)(H,43,44,45). The molecule has 0 spiro atoms. The summed E-state index contributed by atoms with van der Waals surface area (Å²) in [6.07, 6.45) is 0. The highest BCUT2D eigenvalue weighted by Gasteiger charge is 2.22. The molecule has 0 aliphatic heterocycles. The average molecular weight is 772 g/mol. The third kappa shape index (κ3) is 9.63. The van der Waals surface area contributed by atoms with Gasteiger partial charge in [0, 0.05) is 10.8 Å². The van der Waals surface area contributed by atoms with Crippen molar-refractivity contribution < 1.29 is 56.6 Å². The average Bonchev–Trinajstić information content (AvgIpc) is 2.97. The van der Waals surface area contributed by atoms with Crippen molar-refractivity contribution in [3.8, 4) is 5.75 Å². The van der Waals surface area contributed by atoms with Gasteiger partial charge in [0.2, 0.25) is 0 Å². The quantitative estimate of drug-likeness (QED) is 0.0840. The lowest BCUT2D eigenvalue weighted by Gasteiger charge is -2.14. The first-order valence-corrected chi connectivity index (χ1v) is 20.0. The molecule has 4 aromatic carbocycles. The lowest BCUT2D eigenvalue weighted by atomic mass is 10.0. The molecule has 22 heteroatoms. The van der Waals surface area contributed by atoms with Crippen molar-refractivity contribution in [3.05, 3.63) is 71.3 Å². The molecule has 0 saturated heterocycles. The molecule has 5 N–H and O–H groups in total. The largest absolute Gasteiger partial charge is 0.505 e. The number of sulfone groups is 1. The van der Waals surface area contributed by atoms with Gasteiger partial charge in [-0.2, -0.15) is 25.3 Å². The number of nitrogens with zero attached hydrogens (tertiary/aromatic N) is 4. The first kappa shape index (κ1) is 38.4. The number of aryl methyl sites for hydroxylation is 3. The van der Waals surface area contributed by atoms with Gasteiger partial charge in [-0.3, -0.25) is 13.7 Å². The maximum Gasteiger partial charge on any atom is 0.397 e. The molecular weight excluding hydrogens is 743 g/mol. The van der Waals surface area contributed by atoms with Crippen molar-refractivity contribution in [3.63, 3.8) is 0 Å². The van der Waals surface area contributed by atoms with Gasteiger partial charge in [-0.1, -0.05) is 12.1 Å². The minimum absolute atomic E-state index is 0.0132. The summed E-state index contributed by atoms with van der Waals surface area (Å²) in [7, 11) is -18.4. The van der Waals surface area contributed by atoms with Gasteiger partial charge in [0.1, 0.15) is 33.5 Å². The third-order valence-corrected chi connectivity index (χ3v) is 10.4. The van der Waals surface area contributed by atoms with Crippen LogP contribution in [0.5, 0.6) is 5.75 Å². The van der Waals surface area contributed by atoms with Gasteiger partial charge >= 0.3 is 10.4 Å². The van der Waals surface area contributed by atoms with Crippen LogP contribution in [0.1, 0.15) is 16.7 Å². The van der Waals surface area contributed by atoms with E-state index in [4.69, 9.17) is 4.55 Å². The van der Waals surface area contributed by atoms with Crippen LogP contribution in [0.25, 0.3) is 10.8 Å². The van der Waals surface area contributed by atoms with E-state index in [0.29, 0.717) is 11.1 Å². The Morgan fingerprint density at radius 2 is 1.24 bits per heavy atom. The highest BCUT2D eigenvalue weighted by molar-refractivity contribution is 7.91. The number of azo groups is 2. The number of hydrogen-bond acceptors (Lipinski definition) is 15. The van der Waals surface area contributed by atoms with Gasteiger partial charge in [-0.15, -0.1) is 20.5 Å². The number of hydrogen-bond donors (Lipinski definition) is 5. The minimum Gasteiger partial charge on any atom is -0.505 e. The molecule has 50 heavy (non-hydrogen) atoms. The molecule has 4 rings (SSSR count). The Hall–Kier alpha value is -4.42. The van der Waals surface area contributed by atoms with Crippen LogP contribution >= 0.6 is 0 Å². The van der Waals surface area contributed by atoms with Crippen molar-refractivity contribution in [2.24, 2.45) is 20.5 Å². The number of aromatic hydroxyl groups is 1. The summed E-state index contributed by atoms with van der Waals surface area (Å²) in [5.41, 5.74) is 0.718. The molecule has 0 atom stereocenters. The number of anilines is 1. The maximum atomic E-state index is 13.0. The third-order valence-electron chi connectivity index (χ3n) is 6.82. The molecule has 0 amide bonds. The Bertz CT molecular complexity index is 2500. The van der Waals surface area contributed by atoms with E-state index >= 15 is 0 Å². The topological polar surface area (TPSA) is 288 Å². The zero-order valence-electron chi connectivity index (χ0n) is 26.2. The van der Waals surface area contributed by atoms with Gasteiger partial charge in [0.05, 0.1) is 22.9 Å². The fourth-order valence-electron chi connectivity index (χ4n) is 4.56. The predicted octanol–water partition coefficient (Wildman–Crippen LogP) is 5.40. The summed E-state index contributed by atoms with van der Waals surface area (Å²) in [5.74, 6) is -2.27. The van der Waals surface area contributed by atoms with E-state index in [0.717, 1.165) is 6.07 Å². The first-order chi connectivity index (χ1) is 23.1. The van der Waals surface area contributed by atoms with Gasteiger partial charge in [0.15, 0.2) is 15.6 Å². The first-order valence-electron chi connectivity index (χ1n) is 13.9. The molecule has 0 aliphatic rings. The number of benzene rings is 4. The lowest BCUT2D eigenvalue weighted by Crippen LogP contribution is -2.15. The molecule has 0 heterocycles. The number of fused-ring (bicyclic) bond motifs is 1. The molecule has 0 aromatic heterocycles. The number of nitrogens with one attached hydrogen (secondary N) is 1. The Morgan fingerprint density at radius 1 is 0.680 bits per heavy atom. The summed E-state index contributed by atoms with van der Waals surface area (Å²) >= 11 is 0. The van der Waals surface area contributed by atoms with Crippen LogP contribution in [0.3, 0.4) is 0 Å². The molecule has 0 unspecified atom stereocenters. The van der Waals surface area contributed by atoms with Gasteiger partial charge in [-0.05, 0) is 79.9 Å². The second kappa shape index (κ2) is 14.4. The summed E-state index contributed by atoms with van der Waals surface area (Å²) < 4.78 is 126. The van der Waals surface area contributed by atoms with Crippen LogP contribution in [0.2, 0.25) is 0 Å². The maximum absolute atomic E-state index is 13.0. The van der Waals surface area contributed by atoms with Gasteiger partial charge < -0.3 is 10.4 Å². The molecule has 0 radical (unpaired) electrons. The molecule has 268 valence electrons. The molecule has 0 fully saturated rings.